The van der Waals surface area contributed by atoms with E-state index in [0.717, 1.165) is 35.7 Å². The van der Waals surface area contributed by atoms with Gasteiger partial charge in [0.1, 0.15) is 0 Å². The summed E-state index contributed by atoms with van der Waals surface area (Å²) in [7, 11) is 2.00. The molecule has 5 heteroatoms. The van der Waals surface area contributed by atoms with Crippen molar-refractivity contribution in [3.8, 4) is 0 Å². The van der Waals surface area contributed by atoms with Crippen molar-refractivity contribution in [2.24, 2.45) is 5.92 Å². The van der Waals surface area contributed by atoms with Crippen molar-refractivity contribution in [2.75, 3.05) is 38.5 Å². The van der Waals surface area contributed by atoms with E-state index in [1.165, 1.54) is 12.8 Å². The highest BCUT2D eigenvalue weighted by atomic mass is 79.9. The third-order valence-corrected chi connectivity index (χ3v) is 4.41. The van der Waals surface area contributed by atoms with Gasteiger partial charge >= 0.3 is 0 Å². The van der Waals surface area contributed by atoms with Gasteiger partial charge in [-0.15, -0.1) is 0 Å². The monoisotopic (exact) mass is 339 g/mol. The Morgan fingerprint density at radius 1 is 1.35 bits per heavy atom. The first-order chi connectivity index (χ1) is 9.69. The van der Waals surface area contributed by atoms with Gasteiger partial charge in [-0.25, -0.2) is 0 Å². The van der Waals surface area contributed by atoms with Gasteiger partial charge in [0.05, 0.1) is 12.2 Å². The predicted octanol–water partition coefficient (Wildman–Crippen LogP) is 2.32. The molecule has 1 aliphatic rings. The molecule has 0 unspecified atom stereocenters. The van der Waals surface area contributed by atoms with Crippen molar-refractivity contribution in [2.45, 2.75) is 12.8 Å². The number of nitrogens with zero attached hydrogens (tertiary/aromatic N) is 1. The van der Waals surface area contributed by atoms with Gasteiger partial charge in [0.2, 0.25) is 5.91 Å². The second-order valence-electron chi connectivity index (χ2n) is 5.31. The Kier molecular flexibility index (Phi) is 6.01. The highest BCUT2D eigenvalue weighted by Crippen LogP contribution is 2.21. The van der Waals surface area contributed by atoms with Crippen molar-refractivity contribution in [1.82, 2.24) is 10.2 Å². The number of piperidine rings is 1. The highest BCUT2D eigenvalue weighted by molar-refractivity contribution is 9.10. The number of likely N-dealkylation sites (tertiary alicyclic amines) is 1. The first-order valence-corrected chi connectivity index (χ1v) is 7.89. The van der Waals surface area contributed by atoms with Crippen LogP contribution in [0.4, 0.5) is 5.69 Å². The Balaban J connectivity index is 1.77. The van der Waals surface area contributed by atoms with Crippen LogP contribution in [0, 0.1) is 5.92 Å². The van der Waals surface area contributed by atoms with Crippen molar-refractivity contribution in [1.29, 1.82) is 0 Å². The summed E-state index contributed by atoms with van der Waals surface area (Å²) in [4.78, 5) is 14.3. The molecule has 0 saturated carbocycles. The summed E-state index contributed by atoms with van der Waals surface area (Å²) in [6, 6.07) is 7.69. The Morgan fingerprint density at radius 3 is 2.70 bits per heavy atom. The zero-order valence-corrected chi connectivity index (χ0v) is 13.4. The molecule has 1 aromatic carbocycles. The maximum Gasteiger partial charge on any atom is 0.238 e. The molecular weight excluding hydrogens is 318 g/mol. The minimum absolute atomic E-state index is 0.0592. The van der Waals surface area contributed by atoms with E-state index in [1.807, 2.05) is 31.3 Å². The molecule has 0 aliphatic carbocycles. The van der Waals surface area contributed by atoms with Gasteiger partial charge in [0, 0.05) is 4.47 Å². The van der Waals surface area contributed by atoms with Crippen molar-refractivity contribution in [3.05, 3.63) is 28.7 Å². The van der Waals surface area contributed by atoms with E-state index in [9.17, 15) is 4.79 Å². The number of halogens is 1. The van der Waals surface area contributed by atoms with Gasteiger partial charge in [-0.1, -0.05) is 12.1 Å². The normalized spacial score (nSPS) is 17.1. The minimum Gasteiger partial charge on any atom is -0.324 e. The van der Waals surface area contributed by atoms with E-state index >= 15 is 0 Å². The smallest absolute Gasteiger partial charge is 0.238 e. The van der Waals surface area contributed by atoms with E-state index in [1.54, 1.807) is 0 Å². The van der Waals surface area contributed by atoms with Gasteiger partial charge in [-0.05, 0) is 73.5 Å². The number of benzene rings is 1. The van der Waals surface area contributed by atoms with Crippen molar-refractivity contribution >= 4 is 27.5 Å². The number of amides is 1. The van der Waals surface area contributed by atoms with Crippen LogP contribution >= 0.6 is 15.9 Å². The first-order valence-electron chi connectivity index (χ1n) is 7.10. The Morgan fingerprint density at radius 2 is 2.05 bits per heavy atom. The van der Waals surface area contributed by atoms with Crippen molar-refractivity contribution in [3.63, 3.8) is 0 Å². The standard InChI is InChI=1S/C15H22BrN3O/c1-17-10-12-6-8-19(9-7-12)11-15(20)18-14-5-3-2-4-13(14)16/h2-5,12,17H,6-11H2,1H3,(H,18,20). The Labute approximate surface area is 129 Å². The second-order valence-corrected chi connectivity index (χ2v) is 6.16. The summed E-state index contributed by atoms with van der Waals surface area (Å²) in [6.07, 6.45) is 2.34. The number of para-hydroxylation sites is 1. The van der Waals surface area contributed by atoms with E-state index < -0.39 is 0 Å². The largest absolute Gasteiger partial charge is 0.324 e. The number of anilines is 1. The van der Waals surface area contributed by atoms with Gasteiger partial charge in [-0.2, -0.15) is 0 Å². The topological polar surface area (TPSA) is 44.4 Å². The third kappa shape index (κ3) is 4.58. The van der Waals surface area contributed by atoms with Crippen LogP contribution in [0.3, 0.4) is 0 Å². The highest BCUT2D eigenvalue weighted by Gasteiger charge is 2.20. The van der Waals surface area contributed by atoms with E-state index in [4.69, 9.17) is 0 Å². The molecular formula is C15H22BrN3O. The number of rotatable bonds is 5. The molecule has 1 amide bonds. The van der Waals surface area contributed by atoms with Crippen LogP contribution in [0.5, 0.6) is 0 Å². The lowest BCUT2D eigenvalue weighted by molar-refractivity contribution is -0.117. The minimum atomic E-state index is 0.0592. The Bertz CT molecular complexity index is 444. The van der Waals surface area contributed by atoms with Crippen LogP contribution in [0.25, 0.3) is 0 Å². The Hall–Kier alpha value is -0.910. The summed E-state index contributed by atoms with van der Waals surface area (Å²) in [5.74, 6) is 0.812. The summed E-state index contributed by atoms with van der Waals surface area (Å²) in [5.41, 5.74) is 0.836. The average Bonchev–Trinajstić information content (AvgIpc) is 2.44. The molecule has 20 heavy (non-hydrogen) atoms. The number of nitrogens with one attached hydrogen (secondary N) is 2. The molecule has 0 radical (unpaired) electrons. The number of hydrogen-bond acceptors (Lipinski definition) is 3. The zero-order chi connectivity index (χ0) is 14.4. The fourth-order valence-electron chi connectivity index (χ4n) is 2.59. The lowest BCUT2D eigenvalue weighted by atomic mass is 9.97. The molecule has 0 aromatic heterocycles. The predicted molar refractivity (Wildman–Crippen MR) is 85.9 cm³/mol. The number of carbonyl (C=O) groups excluding carboxylic acids is 1. The second kappa shape index (κ2) is 7.76. The maximum atomic E-state index is 12.1. The van der Waals surface area contributed by atoms with Gasteiger partial charge in [-0.3, -0.25) is 9.69 Å². The number of carbonyl (C=O) groups is 1. The molecule has 4 nitrogen and oxygen atoms in total. The van der Waals surface area contributed by atoms with Crippen LogP contribution in [-0.4, -0.2) is 44.0 Å². The van der Waals surface area contributed by atoms with Crippen LogP contribution in [-0.2, 0) is 4.79 Å². The quantitative estimate of drug-likeness (QED) is 0.865. The summed E-state index contributed by atoms with van der Waals surface area (Å²) in [6.45, 7) is 3.58. The summed E-state index contributed by atoms with van der Waals surface area (Å²) in [5, 5.41) is 6.18. The zero-order valence-electron chi connectivity index (χ0n) is 11.9. The molecule has 2 N–H and O–H groups in total. The molecule has 1 saturated heterocycles. The SMILES string of the molecule is CNCC1CCN(CC(=O)Nc2ccccc2Br)CC1. The van der Waals surface area contributed by atoms with Gasteiger partial charge in [0.15, 0.2) is 0 Å². The molecule has 1 aromatic rings. The van der Waals surface area contributed by atoms with Gasteiger partial charge < -0.3 is 10.6 Å². The molecule has 0 atom stereocenters. The first kappa shape index (κ1) is 15.5. The van der Waals surface area contributed by atoms with Crippen LogP contribution < -0.4 is 10.6 Å². The van der Waals surface area contributed by atoms with Crippen LogP contribution in [0.15, 0.2) is 28.7 Å². The maximum absolute atomic E-state index is 12.1. The molecule has 110 valence electrons. The lowest BCUT2D eigenvalue weighted by Crippen LogP contribution is -2.40. The summed E-state index contributed by atoms with van der Waals surface area (Å²) >= 11 is 3.44. The molecule has 0 bridgehead atoms. The van der Waals surface area contributed by atoms with Crippen molar-refractivity contribution < 1.29 is 4.79 Å². The third-order valence-electron chi connectivity index (χ3n) is 3.72. The molecule has 1 fully saturated rings. The molecule has 1 aliphatic heterocycles. The fraction of sp³-hybridized carbons (Fsp3) is 0.533. The van der Waals surface area contributed by atoms with E-state index in [2.05, 4.69) is 31.5 Å². The summed E-state index contributed by atoms with van der Waals surface area (Å²) < 4.78 is 0.918. The molecule has 2 rings (SSSR count). The van der Waals surface area contributed by atoms with Gasteiger partial charge in [0.25, 0.3) is 0 Å². The lowest BCUT2D eigenvalue weighted by Gasteiger charge is -2.31. The van der Waals surface area contributed by atoms with E-state index in [0.29, 0.717) is 6.54 Å². The van der Waals surface area contributed by atoms with Crippen LogP contribution in [0.1, 0.15) is 12.8 Å². The molecule has 1 heterocycles. The fourth-order valence-corrected chi connectivity index (χ4v) is 2.98. The van der Waals surface area contributed by atoms with Crippen LogP contribution in [0.2, 0.25) is 0 Å². The average molecular weight is 340 g/mol. The van der Waals surface area contributed by atoms with E-state index in [-0.39, 0.29) is 5.91 Å². The number of hydrogen-bond donors (Lipinski definition) is 2. The molecule has 0 spiro atoms.